The lowest BCUT2D eigenvalue weighted by molar-refractivity contribution is -0.384. The quantitative estimate of drug-likeness (QED) is 0.594. The van der Waals surface area contributed by atoms with E-state index in [1.807, 2.05) is 20.8 Å². The van der Waals surface area contributed by atoms with Crippen molar-refractivity contribution in [3.05, 3.63) is 28.3 Å². The van der Waals surface area contributed by atoms with Crippen molar-refractivity contribution in [2.45, 2.75) is 32.1 Å². The van der Waals surface area contributed by atoms with E-state index in [0.29, 0.717) is 0 Å². The van der Waals surface area contributed by atoms with E-state index >= 15 is 0 Å². The number of nitrogens with zero attached hydrogens (tertiary/aromatic N) is 1. The molecule has 0 saturated heterocycles. The lowest BCUT2D eigenvalue weighted by atomic mass is 9.91. The van der Waals surface area contributed by atoms with Gasteiger partial charge in [0.25, 0.3) is 5.69 Å². The minimum atomic E-state index is -3.77. The second-order valence-corrected chi connectivity index (χ2v) is 7.30. The summed E-state index contributed by atoms with van der Waals surface area (Å²) in [5.74, 6) is 0. The number of hydrogen-bond donors (Lipinski definition) is 2. The van der Waals surface area contributed by atoms with Gasteiger partial charge in [0.2, 0.25) is 10.0 Å². The van der Waals surface area contributed by atoms with Crippen LogP contribution in [0, 0.1) is 15.5 Å². The van der Waals surface area contributed by atoms with Crippen LogP contribution in [-0.4, -0.2) is 26.9 Å². The molecular formula is C13H21N3O4S. The maximum absolute atomic E-state index is 12.2. The number of rotatable bonds is 7. The molecule has 7 nitrogen and oxygen atoms in total. The summed E-state index contributed by atoms with van der Waals surface area (Å²) in [5.41, 5.74) is -0.174. The summed E-state index contributed by atoms with van der Waals surface area (Å²) in [7, 11) is -2.23. The predicted molar refractivity (Wildman–Crippen MR) is 81.9 cm³/mol. The molecule has 2 N–H and O–H groups in total. The van der Waals surface area contributed by atoms with Crippen LogP contribution in [0.2, 0.25) is 0 Å². The molecule has 0 saturated carbocycles. The first-order chi connectivity index (χ1) is 9.63. The lowest BCUT2D eigenvalue weighted by Crippen LogP contribution is -2.33. The van der Waals surface area contributed by atoms with Gasteiger partial charge in [-0.1, -0.05) is 20.8 Å². The fourth-order valence-electron chi connectivity index (χ4n) is 1.54. The molecule has 0 aromatic heterocycles. The van der Waals surface area contributed by atoms with Crippen LogP contribution >= 0.6 is 0 Å². The molecule has 0 heterocycles. The Morgan fingerprint density at radius 1 is 1.33 bits per heavy atom. The van der Waals surface area contributed by atoms with Gasteiger partial charge in [-0.25, -0.2) is 13.1 Å². The zero-order valence-corrected chi connectivity index (χ0v) is 13.5. The Bertz CT molecular complexity index is 626. The summed E-state index contributed by atoms with van der Waals surface area (Å²) < 4.78 is 26.9. The number of nitrogens with one attached hydrogen (secondary N) is 2. The molecule has 0 aliphatic heterocycles. The predicted octanol–water partition coefficient (Wildman–Crippen LogP) is 2.35. The van der Waals surface area contributed by atoms with Gasteiger partial charge in [-0.05, 0) is 24.0 Å². The van der Waals surface area contributed by atoms with E-state index < -0.39 is 14.9 Å². The largest absolute Gasteiger partial charge is 0.383 e. The van der Waals surface area contributed by atoms with Gasteiger partial charge < -0.3 is 5.32 Å². The maximum atomic E-state index is 12.2. The minimum absolute atomic E-state index is 0.111. The summed E-state index contributed by atoms with van der Waals surface area (Å²) in [6.45, 7) is 6.14. The van der Waals surface area contributed by atoms with E-state index in [2.05, 4.69) is 10.0 Å². The topological polar surface area (TPSA) is 101 Å². The molecule has 0 amide bonds. The van der Waals surface area contributed by atoms with Crippen molar-refractivity contribution in [3.8, 4) is 0 Å². The Labute approximate surface area is 124 Å². The third kappa shape index (κ3) is 4.40. The summed E-state index contributed by atoms with van der Waals surface area (Å²) >= 11 is 0. The number of nitro groups is 1. The normalized spacial score (nSPS) is 12.2. The maximum Gasteiger partial charge on any atom is 0.293 e. The van der Waals surface area contributed by atoms with E-state index in [9.17, 15) is 18.5 Å². The fraction of sp³-hybridized carbons (Fsp3) is 0.538. The van der Waals surface area contributed by atoms with Gasteiger partial charge in [-0.2, -0.15) is 0 Å². The van der Waals surface area contributed by atoms with Crippen LogP contribution in [0.25, 0.3) is 0 Å². The second-order valence-electron chi connectivity index (χ2n) is 5.53. The molecule has 1 aromatic rings. The molecule has 21 heavy (non-hydrogen) atoms. The monoisotopic (exact) mass is 315 g/mol. The standard InChI is InChI=1S/C13H21N3O4S/c1-5-13(2,3)9-15-21(19,20)10-6-7-11(14-4)12(8-10)16(17)18/h6-8,14-15H,5,9H2,1-4H3. The fourth-order valence-corrected chi connectivity index (χ4v) is 2.80. The van der Waals surface area contributed by atoms with Gasteiger partial charge in [0.15, 0.2) is 0 Å². The molecular weight excluding hydrogens is 294 g/mol. The third-order valence-corrected chi connectivity index (χ3v) is 4.84. The average Bonchev–Trinajstić information content (AvgIpc) is 2.44. The molecule has 0 bridgehead atoms. The SMILES string of the molecule is CCC(C)(C)CNS(=O)(=O)c1ccc(NC)c([N+](=O)[O-])c1. The zero-order valence-electron chi connectivity index (χ0n) is 12.6. The van der Waals surface area contributed by atoms with Crippen molar-refractivity contribution in [3.63, 3.8) is 0 Å². The highest BCUT2D eigenvalue weighted by Gasteiger charge is 2.23. The second kappa shape index (κ2) is 6.40. The molecule has 0 aliphatic rings. The van der Waals surface area contributed by atoms with Gasteiger partial charge in [-0.3, -0.25) is 10.1 Å². The summed E-state index contributed by atoms with van der Waals surface area (Å²) in [4.78, 5) is 10.3. The molecule has 0 fully saturated rings. The van der Waals surface area contributed by atoms with E-state index in [-0.39, 0.29) is 28.2 Å². The smallest absolute Gasteiger partial charge is 0.293 e. The van der Waals surface area contributed by atoms with Crippen molar-refractivity contribution in [2.75, 3.05) is 18.9 Å². The van der Waals surface area contributed by atoms with E-state index in [1.54, 1.807) is 7.05 Å². The van der Waals surface area contributed by atoms with Crippen LogP contribution in [0.15, 0.2) is 23.1 Å². The highest BCUT2D eigenvalue weighted by molar-refractivity contribution is 7.89. The first kappa shape index (κ1) is 17.4. The molecule has 1 aromatic carbocycles. The molecule has 0 radical (unpaired) electrons. The van der Waals surface area contributed by atoms with E-state index in [1.165, 1.54) is 12.1 Å². The van der Waals surface area contributed by atoms with Crippen molar-refractivity contribution in [1.82, 2.24) is 4.72 Å². The van der Waals surface area contributed by atoms with Crippen LogP contribution in [0.5, 0.6) is 0 Å². The zero-order chi connectivity index (χ0) is 16.3. The van der Waals surface area contributed by atoms with Crippen LogP contribution in [0.3, 0.4) is 0 Å². The Kier molecular flexibility index (Phi) is 5.30. The van der Waals surface area contributed by atoms with E-state index in [0.717, 1.165) is 12.5 Å². The number of sulfonamides is 1. The van der Waals surface area contributed by atoms with Gasteiger partial charge in [0, 0.05) is 19.7 Å². The minimum Gasteiger partial charge on any atom is -0.383 e. The van der Waals surface area contributed by atoms with Gasteiger partial charge >= 0.3 is 0 Å². The Hall–Kier alpha value is -1.67. The first-order valence-electron chi connectivity index (χ1n) is 6.59. The summed E-state index contributed by atoms with van der Waals surface area (Å²) in [6, 6.07) is 3.80. The van der Waals surface area contributed by atoms with Crippen molar-refractivity contribution < 1.29 is 13.3 Å². The van der Waals surface area contributed by atoms with Gasteiger partial charge in [0.1, 0.15) is 5.69 Å². The molecule has 118 valence electrons. The van der Waals surface area contributed by atoms with Crippen LogP contribution in [0.1, 0.15) is 27.2 Å². The Morgan fingerprint density at radius 2 is 1.95 bits per heavy atom. The number of anilines is 1. The summed E-state index contributed by atoms with van der Waals surface area (Å²) in [5, 5.41) is 13.6. The van der Waals surface area contributed by atoms with Crippen molar-refractivity contribution in [2.24, 2.45) is 5.41 Å². The first-order valence-corrected chi connectivity index (χ1v) is 8.07. The highest BCUT2D eigenvalue weighted by Crippen LogP contribution is 2.27. The van der Waals surface area contributed by atoms with E-state index in [4.69, 9.17) is 0 Å². The highest BCUT2D eigenvalue weighted by atomic mass is 32.2. The third-order valence-electron chi connectivity index (χ3n) is 3.44. The Balaban J connectivity index is 3.09. The van der Waals surface area contributed by atoms with Crippen LogP contribution in [0.4, 0.5) is 11.4 Å². The van der Waals surface area contributed by atoms with Crippen LogP contribution in [-0.2, 0) is 10.0 Å². The van der Waals surface area contributed by atoms with Crippen molar-refractivity contribution >= 4 is 21.4 Å². The molecule has 0 spiro atoms. The Morgan fingerprint density at radius 3 is 2.43 bits per heavy atom. The molecule has 1 rings (SSSR count). The van der Waals surface area contributed by atoms with Crippen molar-refractivity contribution in [1.29, 1.82) is 0 Å². The lowest BCUT2D eigenvalue weighted by Gasteiger charge is -2.22. The summed E-state index contributed by atoms with van der Waals surface area (Å²) in [6.07, 6.45) is 0.814. The number of benzene rings is 1. The number of hydrogen-bond acceptors (Lipinski definition) is 5. The molecule has 0 atom stereocenters. The van der Waals surface area contributed by atoms with Crippen LogP contribution < -0.4 is 10.0 Å². The van der Waals surface area contributed by atoms with Gasteiger partial charge in [0.05, 0.1) is 9.82 Å². The molecule has 0 aliphatic carbocycles. The molecule has 0 unspecified atom stereocenters. The average molecular weight is 315 g/mol. The molecule has 8 heteroatoms. The number of nitro benzene ring substituents is 1. The van der Waals surface area contributed by atoms with Gasteiger partial charge in [-0.15, -0.1) is 0 Å².